The number of sulfonamides is 1. The SMILES string of the molecule is COc1ncc(B2OC(C)(C)C(C)(C)O2)cc1NS(=O)(=O)c1cccs1. The molecule has 0 aromatic carbocycles. The van der Waals surface area contributed by atoms with Crippen LogP contribution in [0, 0.1) is 0 Å². The smallest absolute Gasteiger partial charge is 0.480 e. The largest absolute Gasteiger partial charge is 0.496 e. The first kappa shape index (κ1) is 19.2. The van der Waals surface area contributed by atoms with Crippen molar-refractivity contribution in [2.45, 2.75) is 43.1 Å². The maximum Gasteiger partial charge on any atom is 0.496 e. The molecule has 0 radical (unpaired) electrons. The molecule has 0 saturated carbocycles. The van der Waals surface area contributed by atoms with Crippen LogP contribution in [0.5, 0.6) is 5.88 Å². The number of hydrogen-bond acceptors (Lipinski definition) is 7. The standard InChI is InChI=1S/C16H21BN2O5S2/c1-15(2)16(3,4)24-17(23-15)11-9-12(14(22-5)18-10-11)19-26(20,21)13-7-6-8-25-13/h6-10,19H,1-5H3. The summed E-state index contributed by atoms with van der Waals surface area (Å²) in [5.41, 5.74) is -0.177. The van der Waals surface area contributed by atoms with Gasteiger partial charge in [0.05, 0.1) is 18.3 Å². The van der Waals surface area contributed by atoms with Crippen LogP contribution in [0.25, 0.3) is 0 Å². The number of rotatable bonds is 5. The fourth-order valence-corrected chi connectivity index (χ4v) is 4.46. The number of ether oxygens (including phenoxy) is 1. The highest BCUT2D eigenvalue weighted by atomic mass is 32.2. The van der Waals surface area contributed by atoms with Gasteiger partial charge in [0.15, 0.2) is 0 Å². The number of nitrogens with zero attached hydrogens (tertiary/aromatic N) is 1. The van der Waals surface area contributed by atoms with E-state index in [-0.39, 0.29) is 15.8 Å². The van der Waals surface area contributed by atoms with Gasteiger partial charge in [-0.1, -0.05) is 6.07 Å². The summed E-state index contributed by atoms with van der Waals surface area (Å²) in [6.07, 6.45) is 1.56. The molecule has 1 fully saturated rings. The van der Waals surface area contributed by atoms with Gasteiger partial charge in [-0.05, 0) is 45.2 Å². The lowest BCUT2D eigenvalue weighted by Crippen LogP contribution is -2.41. The second-order valence-corrected chi connectivity index (χ2v) is 9.81. The first-order chi connectivity index (χ1) is 12.1. The van der Waals surface area contributed by atoms with Crippen LogP contribution >= 0.6 is 11.3 Å². The molecule has 0 spiro atoms. The molecule has 1 aliphatic rings. The summed E-state index contributed by atoms with van der Waals surface area (Å²) >= 11 is 1.13. The van der Waals surface area contributed by atoms with Crippen LogP contribution in [0.2, 0.25) is 0 Å². The van der Waals surface area contributed by atoms with E-state index >= 15 is 0 Å². The Hall–Kier alpha value is -1.62. The molecule has 1 aliphatic heterocycles. The van der Waals surface area contributed by atoms with Crippen molar-refractivity contribution in [3.8, 4) is 5.88 Å². The van der Waals surface area contributed by atoms with E-state index in [1.165, 1.54) is 13.2 Å². The minimum absolute atomic E-state index is 0.172. The molecule has 2 aromatic heterocycles. The highest BCUT2D eigenvalue weighted by Crippen LogP contribution is 2.37. The number of anilines is 1. The summed E-state index contributed by atoms with van der Waals surface area (Å²) in [4.78, 5) is 4.20. The average Bonchev–Trinajstić information content (AvgIpc) is 3.14. The van der Waals surface area contributed by atoms with Crippen LogP contribution < -0.4 is 14.9 Å². The van der Waals surface area contributed by atoms with Crippen molar-refractivity contribution >= 4 is 39.6 Å². The number of nitrogens with one attached hydrogen (secondary N) is 1. The summed E-state index contributed by atoms with van der Waals surface area (Å²) in [6, 6.07) is 4.83. The quantitative estimate of drug-likeness (QED) is 0.781. The molecule has 7 nitrogen and oxygen atoms in total. The third-order valence-corrected chi connectivity index (χ3v) is 7.36. The summed E-state index contributed by atoms with van der Waals surface area (Å²) in [7, 11) is -2.94. The van der Waals surface area contributed by atoms with Crippen molar-refractivity contribution in [2.24, 2.45) is 0 Å². The van der Waals surface area contributed by atoms with E-state index in [1.807, 2.05) is 27.7 Å². The molecule has 0 atom stereocenters. The molecule has 26 heavy (non-hydrogen) atoms. The van der Waals surface area contributed by atoms with E-state index in [0.717, 1.165) is 11.3 Å². The van der Waals surface area contributed by atoms with Gasteiger partial charge in [0.25, 0.3) is 10.0 Å². The maximum atomic E-state index is 12.5. The molecular weight excluding hydrogens is 375 g/mol. The normalized spacial score (nSPS) is 18.7. The van der Waals surface area contributed by atoms with Crippen molar-refractivity contribution in [3.63, 3.8) is 0 Å². The first-order valence-corrected chi connectivity index (χ1v) is 10.4. The zero-order chi connectivity index (χ0) is 19.2. The van der Waals surface area contributed by atoms with Gasteiger partial charge in [-0.3, -0.25) is 4.72 Å². The first-order valence-electron chi connectivity index (χ1n) is 8.02. The Morgan fingerprint density at radius 1 is 1.23 bits per heavy atom. The predicted molar refractivity (Wildman–Crippen MR) is 102 cm³/mol. The van der Waals surface area contributed by atoms with Gasteiger partial charge in [0, 0.05) is 11.7 Å². The van der Waals surface area contributed by atoms with Crippen LogP contribution in [0.1, 0.15) is 27.7 Å². The number of methoxy groups -OCH3 is 1. The summed E-state index contributed by atoms with van der Waals surface area (Å²) in [6.45, 7) is 7.80. The summed E-state index contributed by atoms with van der Waals surface area (Å²) in [5, 5.41) is 1.70. The molecule has 2 aromatic rings. The zero-order valence-corrected chi connectivity index (χ0v) is 16.9. The van der Waals surface area contributed by atoms with Crippen molar-refractivity contribution in [2.75, 3.05) is 11.8 Å². The molecule has 10 heteroatoms. The zero-order valence-electron chi connectivity index (χ0n) is 15.3. The topological polar surface area (TPSA) is 86.8 Å². The fourth-order valence-electron chi connectivity index (χ4n) is 2.42. The number of thiophene rings is 1. The molecule has 0 unspecified atom stereocenters. The lowest BCUT2D eigenvalue weighted by atomic mass is 9.80. The fraction of sp³-hybridized carbons (Fsp3) is 0.438. The predicted octanol–water partition coefficient (Wildman–Crippen LogP) is 2.25. The van der Waals surface area contributed by atoms with E-state index in [9.17, 15) is 8.42 Å². The van der Waals surface area contributed by atoms with Crippen molar-refractivity contribution in [3.05, 3.63) is 29.8 Å². The van der Waals surface area contributed by atoms with E-state index < -0.39 is 28.3 Å². The Balaban J connectivity index is 1.93. The lowest BCUT2D eigenvalue weighted by Gasteiger charge is -2.32. The molecule has 1 N–H and O–H groups in total. The number of aromatic nitrogens is 1. The highest BCUT2D eigenvalue weighted by molar-refractivity contribution is 7.94. The van der Waals surface area contributed by atoms with Crippen LogP contribution in [0.4, 0.5) is 5.69 Å². The van der Waals surface area contributed by atoms with Crippen LogP contribution in [0.3, 0.4) is 0 Å². The maximum absolute atomic E-state index is 12.5. The molecule has 1 saturated heterocycles. The molecule has 140 valence electrons. The second-order valence-electron chi connectivity index (χ2n) is 6.95. The van der Waals surface area contributed by atoms with Gasteiger partial charge in [0.2, 0.25) is 5.88 Å². The molecule has 0 amide bonds. The Kier molecular flexibility index (Phi) is 4.81. The average molecular weight is 396 g/mol. The van der Waals surface area contributed by atoms with E-state index in [1.54, 1.807) is 23.7 Å². The van der Waals surface area contributed by atoms with Crippen molar-refractivity contribution in [1.82, 2.24) is 4.98 Å². The van der Waals surface area contributed by atoms with E-state index in [2.05, 4.69) is 9.71 Å². The van der Waals surface area contributed by atoms with Crippen molar-refractivity contribution in [1.29, 1.82) is 0 Å². The van der Waals surface area contributed by atoms with Crippen LogP contribution in [0.15, 0.2) is 34.0 Å². The highest BCUT2D eigenvalue weighted by Gasteiger charge is 2.52. The van der Waals surface area contributed by atoms with Gasteiger partial charge in [-0.2, -0.15) is 0 Å². The second kappa shape index (κ2) is 6.52. The Bertz CT molecular complexity index is 881. The van der Waals surface area contributed by atoms with E-state index in [0.29, 0.717) is 5.46 Å². The third-order valence-electron chi connectivity index (χ3n) is 4.60. The molecular formula is C16H21BN2O5S2. The number of pyridine rings is 1. The van der Waals surface area contributed by atoms with Gasteiger partial charge in [0.1, 0.15) is 9.90 Å². The van der Waals surface area contributed by atoms with Crippen molar-refractivity contribution < 1.29 is 22.5 Å². The van der Waals surface area contributed by atoms with Gasteiger partial charge in [-0.15, -0.1) is 11.3 Å². The monoisotopic (exact) mass is 396 g/mol. The van der Waals surface area contributed by atoms with Crippen LogP contribution in [-0.2, 0) is 19.3 Å². The summed E-state index contributed by atoms with van der Waals surface area (Å²) in [5.74, 6) is 0.172. The van der Waals surface area contributed by atoms with Crippen LogP contribution in [-0.4, -0.2) is 38.8 Å². The minimum atomic E-state index is -3.72. The molecule has 3 heterocycles. The Labute approximate surface area is 157 Å². The van der Waals surface area contributed by atoms with E-state index in [4.69, 9.17) is 14.0 Å². The van der Waals surface area contributed by atoms with Gasteiger partial charge >= 0.3 is 7.12 Å². The molecule has 0 aliphatic carbocycles. The lowest BCUT2D eigenvalue weighted by molar-refractivity contribution is 0.00578. The third kappa shape index (κ3) is 3.46. The van der Waals surface area contributed by atoms with Gasteiger partial charge < -0.3 is 14.0 Å². The van der Waals surface area contributed by atoms with Gasteiger partial charge in [-0.25, -0.2) is 13.4 Å². The molecule has 0 bridgehead atoms. The summed E-state index contributed by atoms with van der Waals surface area (Å²) < 4.78 is 45.0. The number of hydrogen-bond donors (Lipinski definition) is 1. The minimum Gasteiger partial charge on any atom is -0.480 e. The molecule has 3 rings (SSSR count). The Morgan fingerprint density at radius 2 is 1.88 bits per heavy atom. The Morgan fingerprint density at radius 3 is 2.42 bits per heavy atom.